The SMILES string of the molecule is O=C(CNC(=O)C(c1ccccc1)c1ccccc1)Nc1ccc(N=Nc2ccccc2)cc1. The number of hydrogen-bond acceptors (Lipinski definition) is 4. The highest BCUT2D eigenvalue weighted by molar-refractivity contribution is 5.96. The highest BCUT2D eigenvalue weighted by Gasteiger charge is 2.22. The van der Waals surface area contributed by atoms with Crippen LogP contribution in [-0.2, 0) is 9.59 Å². The zero-order valence-electron chi connectivity index (χ0n) is 18.5. The Morgan fingerprint density at radius 3 is 1.62 bits per heavy atom. The van der Waals surface area contributed by atoms with Crippen molar-refractivity contribution in [3.8, 4) is 0 Å². The van der Waals surface area contributed by atoms with Crippen LogP contribution in [0.4, 0.5) is 17.1 Å². The summed E-state index contributed by atoms with van der Waals surface area (Å²) in [6.07, 6.45) is 0. The van der Waals surface area contributed by atoms with E-state index in [9.17, 15) is 9.59 Å². The van der Waals surface area contributed by atoms with Crippen molar-refractivity contribution in [3.63, 3.8) is 0 Å². The van der Waals surface area contributed by atoms with Gasteiger partial charge < -0.3 is 10.6 Å². The molecule has 168 valence electrons. The van der Waals surface area contributed by atoms with E-state index in [0.717, 1.165) is 16.8 Å². The van der Waals surface area contributed by atoms with Crippen LogP contribution in [0.1, 0.15) is 17.0 Å². The summed E-state index contributed by atoms with van der Waals surface area (Å²) in [6.45, 7) is -0.134. The molecule has 34 heavy (non-hydrogen) atoms. The molecule has 0 spiro atoms. The number of rotatable bonds is 8. The number of azo groups is 1. The molecule has 2 amide bonds. The van der Waals surface area contributed by atoms with E-state index < -0.39 is 5.92 Å². The summed E-state index contributed by atoms with van der Waals surface area (Å²) in [6, 6.07) is 35.5. The largest absolute Gasteiger partial charge is 0.346 e. The highest BCUT2D eigenvalue weighted by Crippen LogP contribution is 2.25. The van der Waals surface area contributed by atoms with Crippen molar-refractivity contribution in [3.05, 3.63) is 126 Å². The number of benzene rings is 4. The Hall–Kier alpha value is -4.58. The van der Waals surface area contributed by atoms with Crippen molar-refractivity contribution in [2.45, 2.75) is 5.92 Å². The molecule has 0 saturated heterocycles. The van der Waals surface area contributed by atoms with E-state index in [1.54, 1.807) is 24.3 Å². The Labute approximate surface area is 198 Å². The lowest BCUT2D eigenvalue weighted by Crippen LogP contribution is -2.36. The molecule has 6 nitrogen and oxygen atoms in total. The summed E-state index contributed by atoms with van der Waals surface area (Å²) in [5.41, 5.74) is 3.78. The fourth-order valence-electron chi connectivity index (χ4n) is 3.48. The second-order valence-electron chi connectivity index (χ2n) is 7.60. The molecule has 0 unspecified atom stereocenters. The number of nitrogens with zero attached hydrogens (tertiary/aromatic N) is 2. The molecule has 0 fully saturated rings. The summed E-state index contributed by atoms with van der Waals surface area (Å²) in [5.74, 6) is -1.04. The first kappa shape index (κ1) is 22.6. The van der Waals surface area contributed by atoms with Crippen LogP contribution in [0.5, 0.6) is 0 Å². The molecule has 0 aliphatic rings. The minimum Gasteiger partial charge on any atom is -0.346 e. The van der Waals surface area contributed by atoms with Gasteiger partial charge in [0.25, 0.3) is 0 Å². The Bertz CT molecular complexity index is 1200. The molecule has 4 aromatic carbocycles. The summed E-state index contributed by atoms with van der Waals surface area (Å²) < 4.78 is 0. The second kappa shape index (κ2) is 11.3. The van der Waals surface area contributed by atoms with E-state index in [-0.39, 0.29) is 18.4 Å². The maximum Gasteiger partial charge on any atom is 0.243 e. The minimum absolute atomic E-state index is 0.134. The maximum absolute atomic E-state index is 13.0. The molecule has 0 bridgehead atoms. The first-order chi connectivity index (χ1) is 16.7. The number of anilines is 1. The van der Waals surface area contributed by atoms with Crippen LogP contribution in [0.25, 0.3) is 0 Å². The van der Waals surface area contributed by atoms with Gasteiger partial charge in [-0.3, -0.25) is 9.59 Å². The Kier molecular flexibility index (Phi) is 7.54. The lowest BCUT2D eigenvalue weighted by Gasteiger charge is -2.18. The van der Waals surface area contributed by atoms with Crippen LogP contribution in [0.3, 0.4) is 0 Å². The van der Waals surface area contributed by atoms with Gasteiger partial charge in [-0.15, -0.1) is 0 Å². The third-order valence-electron chi connectivity index (χ3n) is 5.14. The molecule has 0 aliphatic heterocycles. The van der Waals surface area contributed by atoms with Crippen LogP contribution in [-0.4, -0.2) is 18.4 Å². The van der Waals surface area contributed by atoms with E-state index in [1.807, 2.05) is 91.0 Å². The van der Waals surface area contributed by atoms with Crippen molar-refractivity contribution in [1.82, 2.24) is 5.32 Å². The predicted molar refractivity (Wildman–Crippen MR) is 133 cm³/mol. The number of nitrogens with one attached hydrogen (secondary N) is 2. The van der Waals surface area contributed by atoms with Gasteiger partial charge in [-0.2, -0.15) is 10.2 Å². The zero-order valence-corrected chi connectivity index (χ0v) is 18.5. The summed E-state index contributed by atoms with van der Waals surface area (Å²) in [5, 5.41) is 13.9. The Morgan fingerprint density at radius 1 is 0.618 bits per heavy atom. The van der Waals surface area contributed by atoms with Gasteiger partial charge >= 0.3 is 0 Å². The van der Waals surface area contributed by atoms with Crippen molar-refractivity contribution in [2.75, 3.05) is 11.9 Å². The van der Waals surface area contributed by atoms with Gasteiger partial charge in [0.2, 0.25) is 11.8 Å². The molecule has 0 atom stereocenters. The Balaban J connectivity index is 1.34. The standard InChI is InChI=1S/C28H24N4O2/c33-26(30-23-16-18-25(19-17-23)32-31-24-14-8-3-9-15-24)20-29-28(34)27(21-10-4-1-5-11-21)22-12-6-2-7-13-22/h1-19,27H,20H2,(H,29,34)(H,30,33). The van der Waals surface area contributed by atoms with Gasteiger partial charge in [0, 0.05) is 5.69 Å². The lowest BCUT2D eigenvalue weighted by atomic mass is 9.90. The summed E-state index contributed by atoms with van der Waals surface area (Å²) >= 11 is 0. The van der Waals surface area contributed by atoms with Crippen molar-refractivity contribution in [2.24, 2.45) is 10.2 Å². The van der Waals surface area contributed by atoms with E-state index >= 15 is 0 Å². The van der Waals surface area contributed by atoms with Crippen molar-refractivity contribution < 1.29 is 9.59 Å². The third-order valence-corrected chi connectivity index (χ3v) is 5.14. The van der Waals surface area contributed by atoms with Crippen LogP contribution < -0.4 is 10.6 Å². The van der Waals surface area contributed by atoms with E-state index in [1.165, 1.54) is 0 Å². The predicted octanol–water partition coefficient (Wildman–Crippen LogP) is 5.99. The fourth-order valence-corrected chi connectivity index (χ4v) is 3.48. The highest BCUT2D eigenvalue weighted by atomic mass is 16.2. The van der Waals surface area contributed by atoms with E-state index in [4.69, 9.17) is 0 Å². The normalized spacial score (nSPS) is 10.9. The van der Waals surface area contributed by atoms with Gasteiger partial charge in [0.05, 0.1) is 23.8 Å². The van der Waals surface area contributed by atoms with Crippen LogP contribution in [0.15, 0.2) is 125 Å². The molecule has 0 saturated carbocycles. The average molecular weight is 449 g/mol. The first-order valence-corrected chi connectivity index (χ1v) is 10.9. The van der Waals surface area contributed by atoms with Gasteiger partial charge in [-0.25, -0.2) is 0 Å². The average Bonchev–Trinajstić information content (AvgIpc) is 2.89. The second-order valence-corrected chi connectivity index (χ2v) is 7.60. The van der Waals surface area contributed by atoms with Crippen molar-refractivity contribution in [1.29, 1.82) is 0 Å². The molecule has 0 radical (unpaired) electrons. The smallest absolute Gasteiger partial charge is 0.243 e. The topological polar surface area (TPSA) is 82.9 Å². The van der Waals surface area contributed by atoms with Crippen LogP contribution >= 0.6 is 0 Å². The molecule has 0 aromatic heterocycles. The molecule has 6 heteroatoms. The molecule has 4 aromatic rings. The molecule has 0 heterocycles. The molecular weight excluding hydrogens is 424 g/mol. The molecule has 4 rings (SSSR count). The fraction of sp³-hybridized carbons (Fsp3) is 0.0714. The number of amides is 2. The quantitative estimate of drug-likeness (QED) is 0.325. The minimum atomic E-state index is -0.496. The maximum atomic E-state index is 13.0. The number of hydrogen-bond donors (Lipinski definition) is 2. The number of carbonyl (C=O) groups excluding carboxylic acids is 2. The Morgan fingerprint density at radius 2 is 1.09 bits per heavy atom. The lowest BCUT2D eigenvalue weighted by molar-refractivity contribution is -0.124. The molecule has 0 aliphatic carbocycles. The van der Waals surface area contributed by atoms with Gasteiger partial charge in [-0.1, -0.05) is 78.9 Å². The van der Waals surface area contributed by atoms with Crippen molar-refractivity contribution >= 4 is 28.9 Å². The summed E-state index contributed by atoms with van der Waals surface area (Å²) in [7, 11) is 0. The van der Waals surface area contributed by atoms with Gasteiger partial charge in [-0.05, 0) is 47.5 Å². The van der Waals surface area contributed by atoms with E-state index in [2.05, 4.69) is 20.9 Å². The number of carbonyl (C=O) groups is 2. The summed E-state index contributed by atoms with van der Waals surface area (Å²) in [4.78, 5) is 25.5. The molecular formula is C28H24N4O2. The molecule has 2 N–H and O–H groups in total. The van der Waals surface area contributed by atoms with Crippen LogP contribution in [0, 0.1) is 0 Å². The van der Waals surface area contributed by atoms with Crippen LogP contribution in [0.2, 0.25) is 0 Å². The zero-order chi connectivity index (χ0) is 23.6. The monoisotopic (exact) mass is 448 g/mol. The third kappa shape index (κ3) is 6.23. The first-order valence-electron chi connectivity index (χ1n) is 10.9. The van der Waals surface area contributed by atoms with Gasteiger partial charge in [0.15, 0.2) is 0 Å². The van der Waals surface area contributed by atoms with Gasteiger partial charge in [0.1, 0.15) is 0 Å². The van der Waals surface area contributed by atoms with E-state index in [0.29, 0.717) is 11.4 Å².